The molecular formula is C71H89BrN18O4. The van der Waals surface area contributed by atoms with Crippen LogP contribution in [0.4, 0.5) is 41.2 Å². The van der Waals surface area contributed by atoms with Gasteiger partial charge in [0.05, 0.1) is 50.7 Å². The van der Waals surface area contributed by atoms with Crippen molar-refractivity contribution in [3.63, 3.8) is 0 Å². The minimum atomic E-state index is -0.317. The predicted molar refractivity (Wildman–Crippen MR) is 383 cm³/mol. The Balaban J connectivity index is 0.000000198. The fourth-order valence-corrected chi connectivity index (χ4v) is 10.4. The zero-order valence-electron chi connectivity index (χ0n) is 53.7. The van der Waals surface area contributed by atoms with Crippen molar-refractivity contribution in [2.75, 3.05) is 40.5 Å². The van der Waals surface area contributed by atoms with Crippen LogP contribution in [0.3, 0.4) is 0 Å². The fraction of sp³-hybridized carbons (Fsp3) is 0.296. The zero-order chi connectivity index (χ0) is 64.9. The second-order valence-corrected chi connectivity index (χ2v) is 22.3. The number of para-hydroxylation sites is 8. The Bertz CT molecular complexity index is 4150. The van der Waals surface area contributed by atoms with Crippen LogP contribution in [0.15, 0.2) is 199 Å². The number of amides is 1. The van der Waals surface area contributed by atoms with Gasteiger partial charge in [0.15, 0.2) is 0 Å². The fourth-order valence-electron chi connectivity index (χ4n) is 10.2. The Labute approximate surface area is 559 Å². The predicted octanol–water partition coefficient (Wildman–Crippen LogP) is 15.5. The molecule has 0 unspecified atom stereocenters. The molecule has 0 saturated carbocycles. The number of carbonyl (C=O) groups is 2. The summed E-state index contributed by atoms with van der Waals surface area (Å²) in [6.45, 7) is 3.98. The number of hydrogen-bond donors (Lipinski definition) is 5. The van der Waals surface area contributed by atoms with E-state index in [-0.39, 0.29) is 25.5 Å². The van der Waals surface area contributed by atoms with E-state index in [4.69, 9.17) is 25.6 Å². The van der Waals surface area contributed by atoms with Gasteiger partial charge in [0.2, 0.25) is 29.7 Å². The molecule has 12 aromatic rings. The molecule has 0 radical (unpaired) electrons. The summed E-state index contributed by atoms with van der Waals surface area (Å²) in [4.78, 5) is 62.3. The van der Waals surface area contributed by atoms with Gasteiger partial charge in [-0.15, -0.1) is 0 Å². The molecule has 0 aliphatic rings. The number of nitrogens with two attached hydrogens (primary N) is 1. The number of nitrogens with zero attached hydrogens (tertiary/aromatic N) is 14. The van der Waals surface area contributed by atoms with Crippen LogP contribution in [0.25, 0.3) is 44.1 Å². The minimum absolute atomic E-state index is 0. The van der Waals surface area contributed by atoms with Gasteiger partial charge < -0.3 is 40.2 Å². The van der Waals surface area contributed by atoms with Crippen LogP contribution in [0.1, 0.15) is 91.4 Å². The highest BCUT2D eigenvalue weighted by atomic mass is 79.9. The molecule has 8 aromatic heterocycles. The number of esters is 1. The first-order valence-electron chi connectivity index (χ1n) is 31.1. The number of hydrogen-bond acceptors (Lipinski definition) is 17. The molecule has 94 heavy (non-hydrogen) atoms. The highest BCUT2D eigenvalue weighted by Crippen LogP contribution is 2.29. The van der Waals surface area contributed by atoms with Crippen LogP contribution in [0, 0.1) is 0 Å². The first-order valence-corrected chi connectivity index (χ1v) is 31.8. The molecule has 4 aromatic carbocycles. The average Bonchev–Trinajstić information content (AvgIpc) is 1.67. The number of pyridine rings is 4. The zero-order valence-corrected chi connectivity index (χ0v) is 55.3. The molecule has 0 saturated heterocycles. The van der Waals surface area contributed by atoms with E-state index < -0.39 is 0 Å². The van der Waals surface area contributed by atoms with Crippen molar-refractivity contribution in [1.29, 1.82) is 0 Å². The van der Waals surface area contributed by atoms with Crippen LogP contribution in [-0.4, -0.2) is 94.9 Å². The Hall–Kier alpha value is -10.1. The number of unbranched alkanes of at least 4 members (excludes halogenated alkanes) is 8. The lowest BCUT2D eigenvalue weighted by Gasteiger charge is -2.22. The number of aromatic nitrogens is 12. The first kappa shape index (κ1) is 73.0. The number of nitrogens with one attached hydrogen (secondary N) is 2. The molecule has 12 rings (SSSR count). The lowest BCUT2D eigenvalue weighted by Crippen LogP contribution is -2.22. The van der Waals surface area contributed by atoms with Gasteiger partial charge in [0.1, 0.15) is 22.1 Å². The van der Waals surface area contributed by atoms with Crippen molar-refractivity contribution in [1.82, 2.24) is 69.8 Å². The number of halogens is 1. The molecule has 0 aliphatic heterocycles. The van der Waals surface area contributed by atoms with Crippen molar-refractivity contribution < 1.29 is 19.5 Å². The number of rotatable bonds is 23. The summed E-state index contributed by atoms with van der Waals surface area (Å²) in [5, 5.41) is 11.7. The lowest BCUT2D eigenvalue weighted by molar-refractivity contribution is -0.143. The third kappa shape index (κ3) is 21.2. The molecule has 0 atom stereocenters. The number of carbonyl (C=O) groups excluding carboxylic acids is 2. The third-order valence-electron chi connectivity index (χ3n) is 15.0. The molecule has 0 fully saturated rings. The van der Waals surface area contributed by atoms with E-state index in [2.05, 4.69) is 89.3 Å². The second-order valence-electron chi connectivity index (χ2n) is 21.5. The molecular weight excluding hydrogens is 1250 g/mol. The van der Waals surface area contributed by atoms with Gasteiger partial charge in [-0.2, -0.15) is 0 Å². The summed E-state index contributed by atoms with van der Waals surface area (Å²) in [6, 6.07) is 55.5. The van der Waals surface area contributed by atoms with Gasteiger partial charge in [-0.1, -0.05) is 119 Å². The maximum Gasteiger partial charge on any atom is 0.305 e. The van der Waals surface area contributed by atoms with E-state index in [1.807, 2.05) is 201 Å². The Kier molecular flexibility index (Phi) is 30.0. The van der Waals surface area contributed by atoms with Gasteiger partial charge in [0.25, 0.3) is 0 Å². The number of anilines is 7. The Morgan fingerprint density at radius 1 is 0.489 bits per heavy atom. The highest BCUT2D eigenvalue weighted by molar-refractivity contribution is 9.10. The SMILES string of the molecule is Brc1ccccn1.C.CCOC(=O)CCCCCCCN(c1ccccn1)c1nc2ccccc2n1C.Cn1c(N(CCCCCCCC(=O)NO)c2ccccn2)nc2ccccc21.Cn1c(N)nc2ccccc21.Cn1c(Nc2ccccn2)nc2ccccc21.N. The van der Waals surface area contributed by atoms with E-state index >= 15 is 0 Å². The third-order valence-corrected chi connectivity index (χ3v) is 15.5. The minimum Gasteiger partial charge on any atom is -0.466 e. The molecule has 1 amide bonds. The number of hydroxylamine groups is 1. The molecule has 22 nitrogen and oxygen atoms in total. The van der Waals surface area contributed by atoms with E-state index in [0.717, 1.165) is 161 Å². The van der Waals surface area contributed by atoms with Crippen LogP contribution in [0.5, 0.6) is 0 Å². The number of fused-ring (bicyclic) bond motifs is 4. The smallest absolute Gasteiger partial charge is 0.305 e. The molecule has 0 spiro atoms. The van der Waals surface area contributed by atoms with Crippen LogP contribution in [0.2, 0.25) is 0 Å². The normalized spacial score (nSPS) is 10.5. The van der Waals surface area contributed by atoms with Gasteiger partial charge in [0, 0.05) is 78.9 Å². The van der Waals surface area contributed by atoms with Crippen molar-refractivity contribution in [2.45, 2.75) is 91.4 Å². The quantitative estimate of drug-likeness (QED) is 0.0131. The van der Waals surface area contributed by atoms with Crippen molar-refractivity contribution >= 4 is 113 Å². The van der Waals surface area contributed by atoms with Crippen molar-refractivity contribution in [2.24, 2.45) is 28.2 Å². The van der Waals surface area contributed by atoms with Gasteiger partial charge in [-0.3, -0.25) is 24.6 Å². The summed E-state index contributed by atoms with van der Waals surface area (Å²) in [7, 11) is 7.98. The number of ether oxygens (including phenoxy) is 1. The monoisotopic (exact) mass is 1340 g/mol. The number of aryl methyl sites for hydroxylation is 4. The molecule has 23 heteroatoms. The Morgan fingerprint density at radius 3 is 1.30 bits per heavy atom. The van der Waals surface area contributed by atoms with Crippen LogP contribution in [-0.2, 0) is 42.5 Å². The number of benzene rings is 4. The topological polar surface area (TPSA) is 278 Å². The van der Waals surface area contributed by atoms with Gasteiger partial charge in [-0.25, -0.2) is 45.4 Å². The summed E-state index contributed by atoms with van der Waals surface area (Å²) < 4.78 is 14.0. The number of nitrogen functional groups attached to an aromatic ring is 1. The molecule has 494 valence electrons. The number of imidazole rings is 4. The summed E-state index contributed by atoms with van der Waals surface area (Å²) in [5.74, 6) is 5.35. The van der Waals surface area contributed by atoms with Crippen molar-refractivity contribution in [3.8, 4) is 0 Å². The summed E-state index contributed by atoms with van der Waals surface area (Å²) >= 11 is 3.20. The first-order chi connectivity index (χ1) is 44.9. The second kappa shape index (κ2) is 38.7. The molecule has 8 heterocycles. The average molecular weight is 1340 g/mol. The highest BCUT2D eigenvalue weighted by Gasteiger charge is 2.19. The largest absolute Gasteiger partial charge is 0.466 e. The maximum atomic E-state index is 11.4. The van der Waals surface area contributed by atoms with Crippen LogP contribution < -0.4 is 32.5 Å². The Morgan fingerprint density at radius 2 is 0.894 bits per heavy atom. The van der Waals surface area contributed by atoms with Gasteiger partial charge in [-0.05, 0) is 146 Å². The lowest BCUT2D eigenvalue weighted by atomic mass is 10.1. The van der Waals surface area contributed by atoms with Crippen molar-refractivity contribution in [3.05, 3.63) is 199 Å². The molecule has 8 N–H and O–H groups in total. The maximum absolute atomic E-state index is 11.4. The van der Waals surface area contributed by atoms with E-state index in [1.165, 1.54) is 0 Å². The van der Waals surface area contributed by atoms with Gasteiger partial charge >= 0.3 is 5.97 Å². The van der Waals surface area contributed by atoms with E-state index in [1.54, 1.807) is 24.1 Å². The molecule has 0 bridgehead atoms. The summed E-state index contributed by atoms with van der Waals surface area (Å²) in [6.07, 6.45) is 18.1. The summed E-state index contributed by atoms with van der Waals surface area (Å²) in [5.41, 5.74) is 15.6. The van der Waals surface area contributed by atoms with E-state index in [0.29, 0.717) is 25.4 Å². The molecule has 0 aliphatic carbocycles. The van der Waals surface area contributed by atoms with Crippen LogP contribution >= 0.6 is 15.9 Å². The standard InChI is InChI=1S/C23H30N4O2.C21H27N5O2.C13H12N4.C8H9N3.C5H4BrN.CH4.H3N/c1-3-29-22(28)16-7-5-4-6-12-18-27(21-15-10-11-17-24-21)23-25-19-13-8-9-14-20(19)26(23)2;1-25-18-12-7-6-11-17(18)23-21(25)26(19-13-8-9-15-22-19)16-10-4-2-3-5-14-20(27)24-28;1-17-11-7-3-2-6-10(11)15-13(17)16-12-8-4-5-9-14-12;1-11-7-5-3-2-4-6(7)10-8(11)9;6-5-3-1-2-4-7-5;;/h8-11,13-15,17H,3-7,12,16,18H2,1-2H3;6-9,11-13,15,28H,2-5,10,14,16H2,1H3,(H,24,27);2-9H,1H3,(H,14,15,16);2-5H,1H3,(H2,9,10);1-4H;1H4;1H3. The van der Waals surface area contributed by atoms with E-state index in [9.17, 15) is 9.59 Å².